The molecule has 0 heterocycles. The summed E-state index contributed by atoms with van der Waals surface area (Å²) in [6.07, 6.45) is 1.08. The molecule has 2 N–H and O–H groups in total. The summed E-state index contributed by atoms with van der Waals surface area (Å²) in [5.41, 5.74) is 6.82. The second kappa shape index (κ2) is 3.33. The first-order valence-electron chi connectivity index (χ1n) is 5.63. The lowest BCUT2D eigenvalue weighted by Crippen LogP contribution is -2.45. The van der Waals surface area contributed by atoms with Gasteiger partial charge in [0.2, 0.25) is 0 Å². The van der Waals surface area contributed by atoms with Crippen molar-refractivity contribution in [3.63, 3.8) is 0 Å². The molecule has 0 spiro atoms. The standard InChI is InChI=1S/C13H25NO/c1-9-8-10(15-13(6,7)14)12(4,5)11(9,2)3/h10H,1,8,14H2,2-7H3. The minimum absolute atomic E-state index is 0.0841. The Bertz CT molecular complexity index is 271. The number of ether oxygens (including phenoxy) is 1. The van der Waals surface area contributed by atoms with Crippen molar-refractivity contribution >= 4 is 0 Å². The maximum absolute atomic E-state index is 5.94. The summed E-state index contributed by atoms with van der Waals surface area (Å²) in [5.74, 6) is 0. The van der Waals surface area contributed by atoms with Crippen LogP contribution in [0.25, 0.3) is 0 Å². The zero-order chi connectivity index (χ0) is 12.1. The predicted molar refractivity (Wildman–Crippen MR) is 64.5 cm³/mol. The van der Waals surface area contributed by atoms with Gasteiger partial charge >= 0.3 is 0 Å². The van der Waals surface area contributed by atoms with E-state index in [1.807, 2.05) is 13.8 Å². The summed E-state index contributed by atoms with van der Waals surface area (Å²) in [7, 11) is 0. The highest BCUT2D eigenvalue weighted by Gasteiger charge is 2.52. The highest BCUT2D eigenvalue weighted by Crippen LogP contribution is 2.56. The fraction of sp³-hybridized carbons (Fsp3) is 0.846. The van der Waals surface area contributed by atoms with Crippen LogP contribution in [0.5, 0.6) is 0 Å². The van der Waals surface area contributed by atoms with E-state index in [9.17, 15) is 0 Å². The Morgan fingerprint density at radius 3 is 2.07 bits per heavy atom. The van der Waals surface area contributed by atoms with Gasteiger partial charge in [0.15, 0.2) is 0 Å². The summed E-state index contributed by atoms with van der Waals surface area (Å²) in [5, 5.41) is 0. The van der Waals surface area contributed by atoms with Gasteiger partial charge in [-0.2, -0.15) is 0 Å². The van der Waals surface area contributed by atoms with E-state index < -0.39 is 5.72 Å². The molecule has 2 nitrogen and oxygen atoms in total. The van der Waals surface area contributed by atoms with Crippen molar-refractivity contribution in [1.29, 1.82) is 0 Å². The summed E-state index contributed by atoms with van der Waals surface area (Å²) in [6, 6.07) is 0. The maximum atomic E-state index is 5.94. The molecule has 2 heteroatoms. The lowest BCUT2D eigenvalue weighted by atomic mass is 9.68. The largest absolute Gasteiger partial charge is 0.357 e. The van der Waals surface area contributed by atoms with E-state index in [1.165, 1.54) is 5.57 Å². The zero-order valence-corrected chi connectivity index (χ0v) is 11.0. The second-order valence-electron chi connectivity index (χ2n) is 6.36. The minimum Gasteiger partial charge on any atom is -0.357 e. The van der Waals surface area contributed by atoms with E-state index in [1.54, 1.807) is 0 Å². The SMILES string of the molecule is C=C1CC(OC(C)(C)N)C(C)(C)C1(C)C. The summed E-state index contributed by atoms with van der Waals surface area (Å²) >= 11 is 0. The van der Waals surface area contributed by atoms with Crippen LogP contribution in [0.4, 0.5) is 0 Å². The van der Waals surface area contributed by atoms with E-state index in [2.05, 4.69) is 34.3 Å². The Balaban J connectivity index is 2.92. The third-order valence-electron chi connectivity index (χ3n) is 4.18. The first kappa shape index (κ1) is 12.7. The number of rotatable bonds is 2. The first-order valence-corrected chi connectivity index (χ1v) is 5.63. The highest BCUT2D eigenvalue weighted by molar-refractivity contribution is 5.22. The van der Waals surface area contributed by atoms with Crippen LogP contribution in [-0.4, -0.2) is 11.8 Å². The molecule has 0 radical (unpaired) electrons. The van der Waals surface area contributed by atoms with Gasteiger partial charge in [-0.05, 0) is 25.7 Å². The van der Waals surface area contributed by atoms with Gasteiger partial charge in [-0.1, -0.05) is 39.8 Å². The van der Waals surface area contributed by atoms with Crippen LogP contribution in [0.3, 0.4) is 0 Å². The highest BCUT2D eigenvalue weighted by atomic mass is 16.5. The molecule has 1 rings (SSSR count). The molecule has 0 aromatic rings. The fourth-order valence-electron chi connectivity index (χ4n) is 2.15. The molecule has 1 aliphatic carbocycles. The topological polar surface area (TPSA) is 35.2 Å². The van der Waals surface area contributed by atoms with Crippen molar-refractivity contribution in [2.45, 2.75) is 59.8 Å². The van der Waals surface area contributed by atoms with Crippen molar-refractivity contribution in [2.24, 2.45) is 16.6 Å². The molecule has 15 heavy (non-hydrogen) atoms. The molecular weight excluding hydrogens is 186 g/mol. The third kappa shape index (κ3) is 2.11. The Hall–Kier alpha value is -0.340. The predicted octanol–water partition coefficient (Wildman–Crippen LogP) is 3.08. The Morgan fingerprint density at radius 2 is 1.80 bits per heavy atom. The summed E-state index contributed by atoms with van der Waals surface area (Å²) < 4.78 is 5.94. The van der Waals surface area contributed by atoms with E-state index in [0.29, 0.717) is 0 Å². The number of hydrogen-bond donors (Lipinski definition) is 1. The van der Waals surface area contributed by atoms with Gasteiger partial charge < -0.3 is 10.5 Å². The Morgan fingerprint density at radius 1 is 1.33 bits per heavy atom. The molecule has 1 aliphatic rings. The van der Waals surface area contributed by atoms with Crippen LogP contribution in [0.1, 0.15) is 48.0 Å². The smallest absolute Gasteiger partial charge is 0.111 e. The van der Waals surface area contributed by atoms with Crippen LogP contribution in [0.2, 0.25) is 0 Å². The van der Waals surface area contributed by atoms with Crippen molar-refractivity contribution < 1.29 is 4.74 Å². The van der Waals surface area contributed by atoms with Gasteiger partial charge in [0, 0.05) is 5.41 Å². The van der Waals surface area contributed by atoms with Gasteiger partial charge in [0.1, 0.15) is 5.72 Å². The molecule has 88 valence electrons. The van der Waals surface area contributed by atoms with Crippen LogP contribution < -0.4 is 5.73 Å². The first-order chi connectivity index (χ1) is 6.48. The lowest BCUT2D eigenvalue weighted by molar-refractivity contribution is -0.118. The van der Waals surface area contributed by atoms with Crippen molar-refractivity contribution in [3.05, 3.63) is 12.2 Å². The normalized spacial score (nSPS) is 29.5. The van der Waals surface area contributed by atoms with Crippen LogP contribution in [-0.2, 0) is 4.74 Å². The third-order valence-corrected chi connectivity index (χ3v) is 4.18. The van der Waals surface area contributed by atoms with Gasteiger partial charge in [-0.15, -0.1) is 0 Å². The monoisotopic (exact) mass is 211 g/mol. The average molecular weight is 211 g/mol. The molecule has 0 aromatic heterocycles. The van der Waals surface area contributed by atoms with Crippen LogP contribution in [0, 0.1) is 10.8 Å². The van der Waals surface area contributed by atoms with Crippen molar-refractivity contribution in [1.82, 2.24) is 0 Å². The average Bonchev–Trinajstić information content (AvgIpc) is 2.10. The molecule has 1 saturated carbocycles. The molecule has 0 aliphatic heterocycles. The van der Waals surface area contributed by atoms with Crippen LogP contribution in [0.15, 0.2) is 12.2 Å². The van der Waals surface area contributed by atoms with Gasteiger partial charge in [-0.3, -0.25) is 0 Å². The van der Waals surface area contributed by atoms with Crippen LogP contribution >= 0.6 is 0 Å². The van der Waals surface area contributed by atoms with Crippen molar-refractivity contribution in [2.75, 3.05) is 0 Å². The number of hydrogen-bond acceptors (Lipinski definition) is 2. The molecule has 1 unspecified atom stereocenters. The molecule has 0 bridgehead atoms. The summed E-state index contributed by atoms with van der Waals surface area (Å²) in [6.45, 7) is 16.9. The van der Waals surface area contributed by atoms with Gasteiger partial charge in [0.05, 0.1) is 6.10 Å². The van der Waals surface area contributed by atoms with E-state index in [-0.39, 0.29) is 16.9 Å². The maximum Gasteiger partial charge on any atom is 0.111 e. The van der Waals surface area contributed by atoms with Crippen molar-refractivity contribution in [3.8, 4) is 0 Å². The summed E-state index contributed by atoms with van der Waals surface area (Å²) in [4.78, 5) is 0. The molecule has 0 saturated heterocycles. The lowest BCUT2D eigenvalue weighted by Gasteiger charge is -2.41. The molecular formula is C13H25NO. The Kier molecular flexibility index (Phi) is 2.82. The molecule has 1 fully saturated rings. The number of nitrogens with two attached hydrogens (primary N) is 1. The zero-order valence-electron chi connectivity index (χ0n) is 11.0. The fourth-order valence-corrected chi connectivity index (χ4v) is 2.15. The molecule has 0 aromatic carbocycles. The Labute approximate surface area is 93.9 Å². The van der Waals surface area contributed by atoms with Gasteiger partial charge in [0.25, 0.3) is 0 Å². The van der Waals surface area contributed by atoms with Gasteiger partial charge in [-0.25, -0.2) is 0 Å². The molecule has 1 atom stereocenters. The quantitative estimate of drug-likeness (QED) is 0.563. The van der Waals surface area contributed by atoms with E-state index in [0.717, 1.165) is 6.42 Å². The van der Waals surface area contributed by atoms with E-state index in [4.69, 9.17) is 10.5 Å². The molecule has 0 amide bonds. The minimum atomic E-state index is -0.567. The second-order valence-corrected chi connectivity index (χ2v) is 6.36. The van der Waals surface area contributed by atoms with E-state index >= 15 is 0 Å².